The Hall–Kier alpha value is -1.82. The van der Waals surface area contributed by atoms with Crippen LogP contribution in [0.1, 0.15) is 18.4 Å². The third-order valence-electron chi connectivity index (χ3n) is 3.04. The van der Waals surface area contributed by atoms with Gasteiger partial charge in [0.05, 0.1) is 11.6 Å². The number of nitrogens with zero attached hydrogens (tertiary/aromatic N) is 1. The van der Waals surface area contributed by atoms with Crippen LogP contribution in [0.5, 0.6) is 0 Å². The van der Waals surface area contributed by atoms with Crippen molar-refractivity contribution in [2.24, 2.45) is 10.9 Å². The van der Waals surface area contributed by atoms with Gasteiger partial charge in [-0.05, 0) is 25.0 Å². The highest BCUT2D eigenvalue weighted by Gasteiger charge is 2.38. The summed E-state index contributed by atoms with van der Waals surface area (Å²) >= 11 is 0. The summed E-state index contributed by atoms with van der Waals surface area (Å²) in [4.78, 5) is 45.5. The molecule has 1 atom stereocenters. The van der Waals surface area contributed by atoms with Crippen molar-refractivity contribution in [1.29, 1.82) is 0 Å². The predicted octanol–water partition coefficient (Wildman–Crippen LogP) is 2.05. The highest BCUT2D eigenvalue weighted by Crippen LogP contribution is 2.49. The Morgan fingerprint density at radius 1 is 1.27 bits per heavy atom. The van der Waals surface area contributed by atoms with Crippen molar-refractivity contribution in [3.05, 3.63) is 29.8 Å². The van der Waals surface area contributed by atoms with Gasteiger partial charge in [0.15, 0.2) is 0 Å². The molecule has 0 aliphatic rings. The number of hydrogen-bond donors (Lipinski definition) is 4. The molecule has 1 rings (SSSR count). The minimum atomic E-state index is -3.66. The first kappa shape index (κ1) is 18.2. The highest BCUT2D eigenvalue weighted by molar-refractivity contribution is 7.79. The summed E-state index contributed by atoms with van der Waals surface area (Å²) in [5.74, 6) is -2.54. The number of carboxylic acid groups (broad SMARTS) is 2. The lowest BCUT2D eigenvalue weighted by molar-refractivity contribution is -0.142. The minimum Gasteiger partial charge on any atom is -0.481 e. The summed E-state index contributed by atoms with van der Waals surface area (Å²) in [6.07, 6.45) is -0.928. The maximum absolute atomic E-state index is 11.1. The Morgan fingerprint density at radius 2 is 1.91 bits per heavy atom. The molecule has 0 amide bonds. The van der Waals surface area contributed by atoms with Gasteiger partial charge in [-0.3, -0.25) is 9.59 Å². The quantitative estimate of drug-likeness (QED) is 0.427. The molecule has 1 aromatic rings. The van der Waals surface area contributed by atoms with E-state index in [1.165, 1.54) is 0 Å². The number of aryl methyl sites for hydroxylation is 1. The van der Waals surface area contributed by atoms with Crippen LogP contribution < -0.4 is 0 Å². The molecule has 1 unspecified atom stereocenters. The highest BCUT2D eigenvalue weighted by atomic mass is 31.2. The first-order valence-corrected chi connectivity index (χ1v) is 8.55. The van der Waals surface area contributed by atoms with Crippen LogP contribution >= 0.6 is 7.72 Å². The predicted molar refractivity (Wildman–Crippen MR) is 83.6 cm³/mol. The standard InChI is InChI=1S/C14H18NO6P/c1-10-4-2-3-5-12(10)15-9-22(20,21)8-11(14(18)19)6-7-13(16)17/h2-5,9,11,20-21H,6-8H2,1H3,(H-,16,17,18,19)/p+1. The Bertz CT molecular complexity index is 572. The van der Waals surface area contributed by atoms with E-state index in [1.54, 1.807) is 12.1 Å². The minimum absolute atomic E-state index is 0.161. The lowest BCUT2D eigenvalue weighted by Gasteiger charge is -2.13. The second kappa shape index (κ2) is 7.98. The van der Waals surface area contributed by atoms with Crippen LogP contribution in [0.4, 0.5) is 5.69 Å². The van der Waals surface area contributed by atoms with Crippen molar-refractivity contribution in [2.75, 3.05) is 6.16 Å². The van der Waals surface area contributed by atoms with E-state index in [9.17, 15) is 19.4 Å². The van der Waals surface area contributed by atoms with Gasteiger partial charge in [-0.2, -0.15) is 0 Å². The molecule has 1 aromatic carbocycles. The van der Waals surface area contributed by atoms with E-state index < -0.39 is 31.7 Å². The zero-order valence-electron chi connectivity index (χ0n) is 12.1. The average Bonchev–Trinajstić information content (AvgIpc) is 2.42. The fourth-order valence-corrected chi connectivity index (χ4v) is 3.22. The Morgan fingerprint density at radius 3 is 2.45 bits per heavy atom. The summed E-state index contributed by atoms with van der Waals surface area (Å²) in [5, 5.41) is 17.6. The normalized spacial score (nSPS) is 13.2. The van der Waals surface area contributed by atoms with Gasteiger partial charge in [0.25, 0.3) is 0 Å². The van der Waals surface area contributed by atoms with E-state index in [0.717, 1.165) is 11.5 Å². The third kappa shape index (κ3) is 6.30. The molecule has 0 aliphatic carbocycles. The monoisotopic (exact) mass is 328 g/mol. The molecule has 4 N–H and O–H groups in total. The fraction of sp³-hybridized carbons (Fsp3) is 0.357. The van der Waals surface area contributed by atoms with Crippen LogP contribution in [-0.2, 0) is 9.59 Å². The van der Waals surface area contributed by atoms with Crippen LogP contribution in [0, 0.1) is 12.8 Å². The lowest BCUT2D eigenvalue weighted by Crippen LogP contribution is -2.21. The maximum Gasteiger partial charge on any atom is 0.312 e. The molecule has 0 heterocycles. The van der Waals surface area contributed by atoms with Crippen LogP contribution in [0.25, 0.3) is 0 Å². The second-order valence-electron chi connectivity index (χ2n) is 4.97. The molecule has 0 fully saturated rings. The van der Waals surface area contributed by atoms with E-state index in [-0.39, 0.29) is 12.8 Å². The number of aliphatic imine (C=N–C) groups is 1. The van der Waals surface area contributed by atoms with Crippen molar-refractivity contribution < 1.29 is 29.6 Å². The van der Waals surface area contributed by atoms with Gasteiger partial charge in [-0.15, -0.1) is 0 Å². The molecule has 22 heavy (non-hydrogen) atoms. The smallest absolute Gasteiger partial charge is 0.312 e. The van der Waals surface area contributed by atoms with Gasteiger partial charge in [-0.1, -0.05) is 18.2 Å². The zero-order chi connectivity index (χ0) is 16.8. The van der Waals surface area contributed by atoms with E-state index in [2.05, 4.69) is 4.99 Å². The van der Waals surface area contributed by atoms with Gasteiger partial charge in [0.1, 0.15) is 6.16 Å². The van der Waals surface area contributed by atoms with Crippen molar-refractivity contribution in [3.8, 4) is 0 Å². The first-order chi connectivity index (χ1) is 10.2. The lowest BCUT2D eigenvalue weighted by atomic mass is 10.1. The number of aliphatic carboxylic acids is 2. The van der Waals surface area contributed by atoms with Gasteiger partial charge >= 0.3 is 19.7 Å². The summed E-state index contributed by atoms with van der Waals surface area (Å²) in [7, 11) is -3.66. The summed E-state index contributed by atoms with van der Waals surface area (Å²) in [6.45, 7) is 1.81. The molecule has 0 radical (unpaired) electrons. The SMILES string of the molecule is Cc1ccccc1N=C[P+](O)(O)CC(CCC(=O)O)C(=O)O. The third-order valence-corrected chi connectivity index (χ3v) is 4.51. The number of benzene rings is 1. The summed E-state index contributed by atoms with van der Waals surface area (Å²) < 4.78 is 0. The van der Waals surface area contributed by atoms with Crippen molar-refractivity contribution in [2.45, 2.75) is 19.8 Å². The average molecular weight is 328 g/mol. The van der Waals surface area contributed by atoms with Gasteiger partial charge in [0.2, 0.25) is 5.96 Å². The largest absolute Gasteiger partial charge is 0.481 e. The molecule has 8 heteroatoms. The summed E-state index contributed by atoms with van der Waals surface area (Å²) in [5.41, 5.74) is 1.41. The van der Waals surface area contributed by atoms with Crippen molar-refractivity contribution in [1.82, 2.24) is 0 Å². The summed E-state index contributed by atoms with van der Waals surface area (Å²) in [6, 6.07) is 7.09. The number of carboxylic acids is 2. The molecular weight excluding hydrogens is 309 g/mol. The fourth-order valence-electron chi connectivity index (χ4n) is 1.82. The Kier molecular flexibility index (Phi) is 6.61. The number of carbonyl (C=O) groups is 2. The van der Waals surface area contributed by atoms with Gasteiger partial charge < -0.3 is 10.2 Å². The molecule has 0 saturated heterocycles. The number of hydrogen-bond acceptors (Lipinski definition) is 5. The molecule has 120 valence electrons. The van der Waals surface area contributed by atoms with E-state index in [0.29, 0.717) is 5.69 Å². The molecular formula is C14H19NO6P+. The molecule has 0 bridgehead atoms. The molecule has 0 spiro atoms. The Balaban J connectivity index is 2.77. The van der Waals surface area contributed by atoms with Crippen LogP contribution in [0.3, 0.4) is 0 Å². The van der Waals surface area contributed by atoms with Crippen LogP contribution in [0.2, 0.25) is 0 Å². The second-order valence-corrected chi connectivity index (χ2v) is 7.13. The maximum atomic E-state index is 11.1. The number of para-hydroxylation sites is 1. The van der Waals surface area contributed by atoms with Crippen LogP contribution in [0.15, 0.2) is 29.3 Å². The molecule has 0 aliphatic heterocycles. The van der Waals surface area contributed by atoms with E-state index in [4.69, 9.17) is 10.2 Å². The molecule has 0 saturated carbocycles. The van der Waals surface area contributed by atoms with Crippen molar-refractivity contribution in [3.63, 3.8) is 0 Å². The molecule has 7 nitrogen and oxygen atoms in total. The molecule has 0 aromatic heterocycles. The number of rotatable bonds is 8. The van der Waals surface area contributed by atoms with E-state index in [1.807, 2.05) is 19.1 Å². The van der Waals surface area contributed by atoms with Gasteiger partial charge in [-0.25, -0.2) is 14.8 Å². The Labute approximate surface area is 128 Å². The van der Waals surface area contributed by atoms with Gasteiger partial charge in [0, 0.05) is 6.42 Å². The van der Waals surface area contributed by atoms with Crippen LogP contribution in [-0.4, -0.2) is 44.1 Å². The zero-order valence-corrected chi connectivity index (χ0v) is 13.0. The van der Waals surface area contributed by atoms with Crippen molar-refractivity contribution >= 4 is 31.3 Å². The first-order valence-electron chi connectivity index (χ1n) is 6.60. The van der Waals surface area contributed by atoms with E-state index >= 15 is 0 Å². The topological polar surface area (TPSA) is 127 Å².